The van der Waals surface area contributed by atoms with Gasteiger partial charge < -0.3 is 15.3 Å². The van der Waals surface area contributed by atoms with Crippen molar-refractivity contribution in [1.29, 1.82) is 0 Å². The molecule has 30 heavy (non-hydrogen) atoms. The molecular formula is C22H28F2O5S. The lowest BCUT2D eigenvalue weighted by molar-refractivity contribution is -0.221. The van der Waals surface area contributed by atoms with Crippen molar-refractivity contribution in [2.45, 2.75) is 63.6 Å². The van der Waals surface area contributed by atoms with E-state index in [2.05, 4.69) is 0 Å². The zero-order valence-electron chi connectivity index (χ0n) is 17.3. The minimum atomic E-state index is -2.24. The van der Waals surface area contributed by atoms with Gasteiger partial charge >= 0.3 is 0 Å². The molecule has 0 aromatic carbocycles. The van der Waals surface area contributed by atoms with Crippen molar-refractivity contribution < 1.29 is 33.7 Å². The molecule has 3 fully saturated rings. The van der Waals surface area contributed by atoms with E-state index in [9.17, 15) is 24.9 Å². The van der Waals surface area contributed by atoms with Crippen LogP contribution in [-0.2, 0) is 9.59 Å². The van der Waals surface area contributed by atoms with Gasteiger partial charge in [0.1, 0.15) is 11.8 Å². The van der Waals surface area contributed by atoms with Crippen molar-refractivity contribution in [3.63, 3.8) is 0 Å². The Morgan fingerprint density at radius 2 is 1.97 bits per heavy atom. The fraction of sp³-hybridized carbons (Fsp3) is 0.727. The van der Waals surface area contributed by atoms with E-state index < -0.39 is 69.0 Å². The van der Waals surface area contributed by atoms with Gasteiger partial charge in [0, 0.05) is 16.7 Å². The summed E-state index contributed by atoms with van der Waals surface area (Å²) in [6, 6.07) is 0. The molecule has 0 amide bonds. The highest BCUT2D eigenvalue weighted by atomic mass is 32.2. The molecule has 4 aliphatic rings. The summed E-state index contributed by atoms with van der Waals surface area (Å²) in [4.78, 5) is 24.7. The van der Waals surface area contributed by atoms with Gasteiger partial charge in [0.15, 0.2) is 11.5 Å². The number of rotatable bonds is 2. The van der Waals surface area contributed by atoms with Crippen LogP contribution in [0.15, 0.2) is 23.8 Å². The first-order valence-electron chi connectivity index (χ1n) is 10.3. The van der Waals surface area contributed by atoms with E-state index in [4.69, 9.17) is 0 Å². The third kappa shape index (κ3) is 2.39. The highest BCUT2D eigenvalue weighted by Crippen LogP contribution is 2.71. The molecule has 4 aliphatic carbocycles. The Hall–Kier alpha value is -1.09. The van der Waals surface area contributed by atoms with Gasteiger partial charge in [-0.1, -0.05) is 31.7 Å². The van der Waals surface area contributed by atoms with Gasteiger partial charge in [0.2, 0.25) is 5.12 Å². The average molecular weight is 443 g/mol. The van der Waals surface area contributed by atoms with Crippen LogP contribution in [0.2, 0.25) is 0 Å². The quantitative estimate of drug-likeness (QED) is 0.569. The number of hydrogen-bond donors (Lipinski definition) is 3. The number of alkyl halides is 2. The van der Waals surface area contributed by atoms with Gasteiger partial charge in [-0.3, -0.25) is 9.59 Å². The van der Waals surface area contributed by atoms with Crippen LogP contribution >= 0.6 is 11.8 Å². The van der Waals surface area contributed by atoms with E-state index in [-0.39, 0.29) is 18.4 Å². The Kier molecular flexibility index (Phi) is 4.94. The first kappa shape index (κ1) is 22.1. The summed E-state index contributed by atoms with van der Waals surface area (Å²) in [5.74, 6) is -2.93. The second-order valence-electron chi connectivity index (χ2n) is 9.82. The Bertz CT molecular complexity index is 860. The number of aliphatic hydroxyl groups excluding tert-OH is 2. The summed E-state index contributed by atoms with van der Waals surface area (Å²) in [6.45, 7) is 4.89. The highest BCUT2D eigenvalue weighted by molar-refractivity contribution is 8.13. The van der Waals surface area contributed by atoms with E-state index in [0.29, 0.717) is 18.2 Å². The van der Waals surface area contributed by atoms with E-state index in [0.717, 1.165) is 6.08 Å². The van der Waals surface area contributed by atoms with E-state index in [1.54, 1.807) is 13.8 Å². The van der Waals surface area contributed by atoms with Gasteiger partial charge in [-0.05, 0) is 55.7 Å². The van der Waals surface area contributed by atoms with E-state index in [1.165, 1.54) is 19.1 Å². The van der Waals surface area contributed by atoms with Gasteiger partial charge in [-0.15, -0.1) is 0 Å². The highest BCUT2D eigenvalue weighted by Gasteiger charge is 2.76. The number of halogens is 2. The fourth-order valence-electron chi connectivity index (χ4n) is 7.14. The molecule has 0 heterocycles. The molecule has 0 aromatic heterocycles. The number of aliphatic hydroxyl groups is 3. The largest absolute Gasteiger partial charge is 0.390 e. The van der Waals surface area contributed by atoms with Crippen LogP contribution in [0.3, 0.4) is 0 Å². The zero-order chi connectivity index (χ0) is 22.3. The van der Waals surface area contributed by atoms with Crippen molar-refractivity contribution >= 4 is 22.7 Å². The average Bonchev–Trinajstić information content (AvgIpc) is 2.88. The number of carbonyl (C=O) groups is 2. The van der Waals surface area contributed by atoms with Gasteiger partial charge in [-0.25, -0.2) is 8.78 Å². The maximum atomic E-state index is 16.9. The molecule has 0 unspecified atom stereocenters. The monoisotopic (exact) mass is 442 g/mol. The maximum Gasteiger partial charge on any atom is 0.223 e. The molecule has 8 heteroatoms. The second kappa shape index (κ2) is 6.70. The summed E-state index contributed by atoms with van der Waals surface area (Å²) in [6.07, 6.45) is 0.508. The number of allylic oxidation sites excluding steroid dienone is 4. The number of hydrogen-bond acceptors (Lipinski definition) is 6. The van der Waals surface area contributed by atoms with Crippen LogP contribution in [0.1, 0.15) is 40.0 Å². The molecule has 0 aliphatic heterocycles. The normalized spacial score (nSPS) is 52.3. The lowest BCUT2D eigenvalue weighted by Gasteiger charge is -2.63. The number of carbonyl (C=O) groups excluding carboxylic acids is 2. The number of fused-ring (bicyclic) bond motifs is 5. The Morgan fingerprint density at radius 1 is 1.30 bits per heavy atom. The summed E-state index contributed by atoms with van der Waals surface area (Å²) >= 11 is 0.593. The number of thioether (sulfide) groups is 1. The number of ketones is 1. The topological polar surface area (TPSA) is 94.8 Å². The van der Waals surface area contributed by atoms with Crippen LogP contribution in [-0.4, -0.2) is 55.7 Å². The van der Waals surface area contributed by atoms with Gasteiger partial charge in [0.05, 0.1) is 12.0 Å². The Labute approximate surface area is 178 Å². The summed E-state index contributed by atoms with van der Waals surface area (Å²) in [5.41, 5.74) is -6.71. The van der Waals surface area contributed by atoms with Crippen molar-refractivity contribution in [1.82, 2.24) is 0 Å². The molecule has 9 atom stereocenters. The molecule has 0 radical (unpaired) electrons. The first-order chi connectivity index (χ1) is 13.9. The first-order valence-corrected chi connectivity index (χ1v) is 11.3. The Balaban J connectivity index is 1.84. The third-order valence-electron chi connectivity index (χ3n) is 8.72. The predicted octanol–water partition coefficient (Wildman–Crippen LogP) is 2.49. The zero-order valence-corrected chi connectivity index (χ0v) is 18.1. The van der Waals surface area contributed by atoms with Crippen molar-refractivity contribution in [2.75, 3.05) is 5.94 Å². The molecule has 0 saturated heterocycles. The molecule has 0 aromatic rings. The molecule has 166 valence electrons. The fourth-order valence-corrected chi connectivity index (χ4v) is 7.92. The molecular weight excluding hydrogens is 414 g/mol. The van der Waals surface area contributed by atoms with Crippen LogP contribution in [0.25, 0.3) is 0 Å². The molecule has 3 N–H and O–H groups in total. The maximum absolute atomic E-state index is 16.9. The van der Waals surface area contributed by atoms with Crippen LogP contribution in [0, 0.1) is 28.6 Å². The van der Waals surface area contributed by atoms with Crippen LogP contribution in [0.4, 0.5) is 8.78 Å². The van der Waals surface area contributed by atoms with E-state index >= 15 is 8.78 Å². The predicted molar refractivity (Wildman–Crippen MR) is 108 cm³/mol. The SMILES string of the molecule is C[C@@H]1C[C@H]2[C@@H]3C[C@H](F)C4=CC(=O)C=C[C@]4(C)[C@@]3(F)[C@@H](O)C[C@]2(C)[C@@]1(O)C(=O)SCO. The lowest BCUT2D eigenvalue weighted by atomic mass is 9.44. The minimum Gasteiger partial charge on any atom is -0.390 e. The minimum absolute atomic E-state index is 0.0459. The van der Waals surface area contributed by atoms with Crippen molar-refractivity contribution in [3.05, 3.63) is 23.8 Å². The Morgan fingerprint density at radius 3 is 2.60 bits per heavy atom. The van der Waals surface area contributed by atoms with Crippen molar-refractivity contribution in [2.24, 2.45) is 28.6 Å². The van der Waals surface area contributed by atoms with Crippen molar-refractivity contribution in [3.8, 4) is 0 Å². The standard InChI is InChI=1S/C22H28F2O5S/c1-11-6-13-14-8-16(23)15-7-12(26)4-5-19(15,2)21(14,24)17(27)9-20(13,3)22(11,29)18(28)30-10-25/h4-5,7,11,13-14,16-17,25,27,29H,6,8-10H2,1-3H3/t11-,13+,14+,16+,17+,19+,20+,21+,22+/m1/s1. The third-order valence-corrected chi connectivity index (χ3v) is 9.42. The van der Waals surface area contributed by atoms with Crippen LogP contribution in [0.5, 0.6) is 0 Å². The molecule has 0 bridgehead atoms. The lowest BCUT2D eigenvalue weighted by Crippen LogP contribution is -2.70. The van der Waals surface area contributed by atoms with Gasteiger partial charge in [-0.2, -0.15) is 0 Å². The smallest absolute Gasteiger partial charge is 0.223 e. The summed E-state index contributed by atoms with van der Waals surface area (Å²) in [5, 5.41) is 31.3. The molecule has 5 nitrogen and oxygen atoms in total. The molecule has 3 saturated carbocycles. The second-order valence-corrected chi connectivity index (χ2v) is 10.7. The molecule has 4 rings (SSSR count). The van der Waals surface area contributed by atoms with Crippen LogP contribution < -0.4 is 0 Å². The summed E-state index contributed by atoms with van der Waals surface area (Å²) in [7, 11) is 0. The van der Waals surface area contributed by atoms with Gasteiger partial charge in [0.25, 0.3) is 0 Å². The molecule has 0 spiro atoms. The van der Waals surface area contributed by atoms with E-state index in [1.807, 2.05) is 0 Å². The summed E-state index contributed by atoms with van der Waals surface area (Å²) < 4.78 is 32.2.